The minimum atomic E-state index is -3.06. The maximum Gasteiger partial charge on any atom is 0.280 e. The minimum absolute atomic E-state index is 0.0244. The highest BCUT2D eigenvalue weighted by molar-refractivity contribution is 7.14. The van der Waals surface area contributed by atoms with Crippen LogP contribution in [-0.4, -0.2) is 51.0 Å². The summed E-state index contributed by atoms with van der Waals surface area (Å²) >= 11 is 1.50. The van der Waals surface area contributed by atoms with Crippen molar-refractivity contribution in [1.29, 1.82) is 0 Å². The molecule has 146 valence electrons. The molecule has 4 rings (SSSR count). The molecule has 1 amide bonds. The summed E-state index contributed by atoms with van der Waals surface area (Å²) in [6, 6.07) is 6.48. The van der Waals surface area contributed by atoms with Crippen molar-refractivity contribution in [2.45, 2.75) is 31.7 Å². The van der Waals surface area contributed by atoms with Gasteiger partial charge in [0.05, 0.1) is 24.7 Å². The zero-order valence-electron chi connectivity index (χ0n) is 15.2. The van der Waals surface area contributed by atoms with Gasteiger partial charge in [0.15, 0.2) is 0 Å². The Morgan fingerprint density at radius 1 is 1.32 bits per heavy atom. The number of likely N-dealkylation sites (tertiary alicyclic amines) is 1. The number of nitrogens with zero attached hydrogens (tertiary/aromatic N) is 4. The van der Waals surface area contributed by atoms with Crippen LogP contribution in [0, 0.1) is 6.92 Å². The van der Waals surface area contributed by atoms with Crippen molar-refractivity contribution in [1.82, 2.24) is 20.1 Å². The number of rotatable bonds is 3. The van der Waals surface area contributed by atoms with Gasteiger partial charge in [-0.25, -0.2) is 8.78 Å². The average molecular weight is 403 g/mol. The van der Waals surface area contributed by atoms with Gasteiger partial charge >= 0.3 is 0 Å². The first kappa shape index (κ1) is 18.8. The Morgan fingerprint density at radius 3 is 2.86 bits per heavy atom. The quantitative estimate of drug-likeness (QED) is 0.727. The fraction of sp³-hybridized carbons (Fsp3) is 0.368. The van der Waals surface area contributed by atoms with Crippen LogP contribution >= 0.6 is 11.3 Å². The highest BCUT2D eigenvalue weighted by Crippen LogP contribution is 2.28. The van der Waals surface area contributed by atoms with Crippen LogP contribution in [0.3, 0.4) is 0 Å². The number of fused-ring (bicyclic) bond motifs is 1. The van der Waals surface area contributed by atoms with Gasteiger partial charge < -0.3 is 10.6 Å². The summed E-state index contributed by atoms with van der Waals surface area (Å²) in [7, 11) is 0. The number of carbonyl (C=O) groups is 1. The minimum Gasteiger partial charge on any atom is -0.336 e. The summed E-state index contributed by atoms with van der Waals surface area (Å²) in [6.07, 6.45) is 1.76. The molecule has 3 heterocycles. The number of benzene rings is 1. The molecule has 3 aromatic rings. The van der Waals surface area contributed by atoms with Crippen LogP contribution in [0.25, 0.3) is 21.3 Å². The predicted octanol–water partition coefficient (Wildman–Crippen LogP) is 2.80. The topological polar surface area (TPSA) is 85.0 Å². The Kier molecular flexibility index (Phi) is 4.80. The third-order valence-corrected chi connectivity index (χ3v) is 5.78. The fourth-order valence-corrected chi connectivity index (χ4v) is 3.95. The summed E-state index contributed by atoms with van der Waals surface area (Å²) in [5.74, 6) is -3.42. The number of carbonyl (C=O) groups excluding carboxylic acids is 1. The van der Waals surface area contributed by atoms with Crippen LogP contribution in [0.2, 0.25) is 0 Å². The Hall–Kier alpha value is -2.52. The van der Waals surface area contributed by atoms with Gasteiger partial charge in [0.2, 0.25) is 5.91 Å². The molecule has 0 aliphatic carbocycles. The second-order valence-electron chi connectivity index (χ2n) is 7.01. The monoisotopic (exact) mass is 403 g/mol. The van der Waals surface area contributed by atoms with Crippen LogP contribution < -0.4 is 5.73 Å². The normalized spacial score (nSPS) is 19.1. The van der Waals surface area contributed by atoms with Crippen molar-refractivity contribution < 1.29 is 13.6 Å². The smallest absolute Gasteiger partial charge is 0.280 e. The van der Waals surface area contributed by atoms with Crippen LogP contribution in [0.4, 0.5) is 8.78 Å². The lowest BCUT2D eigenvalue weighted by Crippen LogP contribution is -2.56. The molecule has 0 spiro atoms. The molecule has 0 saturated carbocycles. The van der Waals surface area contributed by atoms with Gasteiger partial charge in [-0.2, -0.15) is 0 Å². The van der Waals surface area contributed by atoms with Crippen LogP contribution in [0.1, 0.15) is 17.1 Å². The highest BCUT2D eigenvalue weighted by atomic mass is 32.1. The molecule has 2 aromatic heterocycles. The Balaban J connectivity index is 1.55. The van der Waals surface area contributed by atoms with E-state index in [1.165, 1.54) is 16.2 Å². The third kappa shape index (κ3) is 3.72. The van der Waals surface area contributed by atoms with Gasteiger partial charge in [-0.3, -0.25) is 9.78 Å². The molecule has 0 radical (unpaired) electrons. The van der Waals surface area contributed by atoms with Crippen molar-refractivity contribution >= 4 is 28.0 Å². The molecule has 1 aliphatic heterocycles. The number of aryl methyl sites for hydroxylation is 1. The number of halogens is 2. The van der Waals surface area contributed by atoms with E-state index in [4.69, 9.17) is 5.73 Å². The molecule has 1 saturated heterocycles. The van der Waals surface area contributed by atoms with E-state index < -0.39 is 18.5 Å². The zero-order chi connectivity index (χ0) is 19.9. The maximum atomic E-state index is 13.8. The molecular formula is C19H19F2N5OS. The van der Waals surface area contributed by atoms with Crippen molar-refractivity contribution in [3.8, 4) is 10.6 Å². The second-order valence-corrected chi connectivity index (χ2v) is 8.19. The second kappa shape index (κ2) is 7.14. The van der Waals surface area contributed by atoms with Crippen molar-refractivity contribution in [2.24, 2.45) is 5.73 Å². The number of pyridine rings is 1. The van der Waals surface area contributed by atoms with Crippen LogP contribution in [0.5, 0.6) is 0 Å². The molecule has 28 heavy (non-hydrogen) atoms. The summed E-state index contributed by atoms with van der Waals surface area (Å²) < 4.78 is 27.6. The molecule has 1 unspecified atom stereocenters. The SMILES string of the molecule is Cc1nnc(-c2ccc3cnc(CC(=O)N4CCC(N)C(F)(F)C4)cc3c2)s1. The van der Waals surface area contributed by atoms with E-state index in [0.717, 1.165) is 26.4 Å². The molecule has 1 aliphatic rings. The lowest BCUT2D eigenvalue weighted by molar-refractivity contribution is -0.143. The molecule has 6 nitrogen and oxygen atoms in total. The number of alkyl halides is 2. The van der Waals surface area contributed by atoms with Gasteiger partial charge in [-0.1, -0.05) is 23.5 Å². The lowest BCUT2D eigenvalue weighted by atomic mass is 10.0. The summed E-state index contributed by atoms with van der Waals surface area (Å²) in [5.41, 5.74) is 6.92. The number of aromatic nitrogens is 3. The lowest BCUT2D eigenvalue weighted by Gasteiger charge is -2.36. The average Bonchev–Trinajstić information content (AvgIpc) is 3.09. The Bertz CT molecular complexity index is 1040. The van der Waals surface area contributed by atoms with Gasteiger partial charge in [0.25, 0.3) is 5.92 Å². The Labute approximate surface area is 164 Å². The first-order chi connectivity index (χ1) is 13.3. The molecular weight excluding hydrogens is 384 g/mol. The van der Waals surface area contributed by atoms with E-state index in [2.05, 4.69) is 15.2 Å². The predicted molar refractivity (Wildman–Crippen MR) is 103 cm³/mol. The van der Waals surface area contributed by atoms with E-state index in [0.29, 0.717) is 5.69 Å². The number of nitrogens with two attached hydrogens (primary N) is 1. The molecule has 1 atom stereocenters. The van der Waals surface area contributed by atoms with Crippen molar-refractivity contribution in [2.75, 3.05) is 13.1 Å². The van der Waals surface area contributed by atoms with Crippen LogP contribution in [-0.2, 0) is 11.2 Å². The third-order valence-electron chi connectivity index (χ3n) is 4.89. The van der Waals surface area contributed by atoms with E-state index in [9.17, 15) is 13.6 Å². The van der Waals surface area contributed by atoms with Crippen LogP contribution in [0.15, 0.2) is 30.5 Å². The van der Waals surface area contributed by atoms with Gasteiger partial charge in [0, 0.05) is 23.7 Å². The zero-order valence-corrected chi connectivity index (χ0v) is 16.0. The van der Waals surface area contributed by atoms with E-state index in [1.54, 1.807) is 6.20 Å². The first-order valence-electron chi connectivity index (χ1n) is 8.92. The summed E-state index contributed by atoms with van der Waals surface area (Å²) in [5, 5.41) is 11.7. The van der Waals surface area contributed by atoms with E-state index >= 15 is 0 Å². The molecule has 1 fully saturated rings. The van der Waals surface area contributed by atoms with Crippen molar-refractivity contribution in [3.63, 3.8) is 0 Å². The Morgan fingerprint density at radius 2 is 2.14 bits per heavy atom. The van der Waals surface area contributed by atoms with Gasteiger partial charge in [-0.15, -0.1) is 10.2 Å². The fourth-order valence-electron chi connectivity index (χ4n) is 3.27. The first-order valence-corrected chi connectivity index (χ1v) is 9.74. The summed E-state index contributed by atoms with van der Waals surface area (Å²) in [4.78, 5) is 18.0. The highest BCUT2D eigenvalue weighted by Gasteiger charge is 2.43. The van der Waals surface area contributed by atoms with Crippen molar-refractivity contribution in [3.05, 3.63) is 41.2 Å². The maximum absolute atomic E-state index is 13.8. The molecule has 0 bridgehead atoms. The largest absolute Gasteiger partial charge is 0.336 e. The van der Waals surface area contributed by atoms with Gasteiger partial charge in [-0.05, 0) is 30.9 Å². The van der Waals surface area contributed by atoms with Gasteiger partial charge in [0.1, 0.15) is 10.0 Å². The molecule has 9 heteroatoms. The van der Waals surface area contributed by atoms with E-state index in [1.807, 2.05) is 31.2 Å². The number of amides is 1. The standard InChI is InChI=1S/C19H19F2N5OS/c1-11-24-25-18(28-11)12-2-3-13-9-23-15(7-14(13)6-12)8-17(27)26-5-4-16(22)19(20,21)10-26/h2-3,6-7,9,16H,4-5,8,10,22H2,1H3. The summed E-state index contributed by atoms with van der Waals surface area (Å²) in [6.45, 7) is 1.50. The number of hydrogen-bond donors (Lipinski definition) is 1. The number of hydrogen-bond acceptors (Lipinski definition) is 6. The molecule has 2 N–H and O–H groups in total. The number of piperidine rings is 1. The molecule has 1 aromatic carbocycles. The van der Waals surface area contributed by atoms with E-state index in [-0.39, 0.29) is 25.3 Å².